The predicted octanol–water partition coefficient (Wildman–Crippen LogP) is 2.35. The van der Waals surface area contributed by atoms with Gasteiger partial charge in [-0.05, 0) is 18.2 Å². The standard InChI is InChI=1S/C11H15NS/c1-12-9-11-6-4-10(5-7-11)3-2-8-13/h2-7,12-13H,8-9H2,1H3. The van der Waals surface area contributed by atoms with Crippen LogP contribution in [0.25, 0.3) is 6.08 Å². The minimum absolute atomic E-state index is 0.790. The van der Waals surface area contributed by atoms with E-state index in [0.29, 0.717) is 0 Å². The van der Waals surface area contributed by atoms with Crippen molar-refractivity contribution in [3.05, 3.63) is 41.5 Å². The van der Waals surface area contributed by atoms with Gasteiger partial charge in [0.15, 0.2) is 0 Å². The summed E-state index contributed by atoms with van der Waals surface area (Å²) >= 11 is 4.11. The summed E-state index contributed by atoms with van der Waals surface area (Å²) in [4.78, 5) is 0. The quantitative estimate of drug-likeness (QED) is 0.699. The van der Waals surface area contributed by atoms with Gasteiger partial charge in [0, 0.05) is 12.3 Å². The summed E-state index contributed by atoms with van der Waals surface area (Å²) < 4.78 is 0. The molecule has 0 heterocycles. The summed E-state index contributed by atoms with van der Waals surface area (Å²) in [6.07, 6.45) is 4.12. The van der Waals surface area contributed by atoms with Crippen LogP contribution in [0.5, 0.6) is 0 Å². The van der Waals surface area contributed by atoms with Crippen molar-refractivity contribution in [2.24, 2.45) is 0 Å². The molecule has 0 atom stereocenters. The summed E-state index contributed by atoms with van der Waals surface area (Å²) in [7, 11) is 1.95. The molecule has 1 N–H and O–H groups in total. The summed E-state index contributed by atoms with van der Waals surface area (Å²) in [6, 6.07) is 8.50. The monoisotopic (exact) mass is 193 g/mol. The zero-order valence-electron chi connectivity index (χ0n) is 7.83. The maximum Gasteiger partial charge on any atom is 0.0202 e. The van der Waals surface area contributed by atoms with Crippen molar-refractivity contribution in [2.75, 3.05) is 12.8 Å². The van der Waals surface area contributed by atoms with Crippen molar-refractivity contribution in [2.45, 2.75) is 6.54 Å². The van der Waals surface area contributed by atoms with Crippen LogP contribution in [-0.4, -0.2) is 12.8 Å². The van der Waals surface area contributed by atoms with E-state index in [4.69, 9.17) is 0 Å². The van der Waals surface area contributed by atoms with Gasteiger partial charge in [-0.25, -0.2) is 0 Å². The molecule has 1 rings (SSSR count). The Morgan fingerprint density at radius 1 is 1.31 bits per heavy atom. The first-order valence-electron chi connectivity index (χ1n) is 4.37. The summed E-state index contributed by atoms with van der Waals surface area (Å²) in [6.45, 7) is 0.927. The van der Waals surface area contributed by atoms with Crippen LogP contribution in [0.4, 0.5) is 0 Å². The van der Waals surface area contributed by atoms with Crippen LogP contribution in [0.2, 0.25) is 0 Å². The topological polar surface area (TPSA) is 12.0 Å². The van der Waals surface area contributed by atoms with Crippen LogP contribution in [-0.2, 0) is 6.54 Å². The lowest BCUT2D eigenvalue weighted by atomic mass is 10.1. The zero-order valence-corrected chi connectivity index (χ0v) is 8.72. The normalized spacial score (nSPS) is 10.9. The molecular weight excluding hydrogens is 178 g/mol. The van der Waals surface area contributed by atoms with Gasteiger partial charge in [0.25, 0.3) is 0 Å². The third-order valence-electron chi connectivity index (χ3n) is 1.78. The Labute approximate surface area is 85.3 Å². The lowest BCUT2D eigenvalue weighted by Crippen LogP contribution is -2.04. The number of nitrogens with one attached hydrogen (secondary N) is 1. The van der Waals surface area contributed by atoms with Gasteiger partial charge in [-0.2, -0.15) is 12.6 Å². The Kier molecular flexibility index (Phi) is 4.65. The van der Waals surface area contributed by atoms with E-state index in [2.05, 4.69) is 48.3 Å². The lowest BCUT2D eigenvalue weighted by molar-refractivity contribution is 0.818. The molecule has 0 aliphatic rings. The number of hydrogen-bond donors (Lipinski definition) is 2. The van der Waals surface area contributed by atoms with Crippen LogP contribution in [0, 0.1) is 0 Å². The van der Waals surface area contributed by atoms with Crippen LogP contribution in [0.15, 0.2) is 30.3 Å². The first-order valence-corrected chi connectivity index (χ1v) is 5.01. The van der Waals surface area contributed by atoms with E-state index < -0.39 is 0 Å². The van der Waals surface area contributed by atoms with Crippen molar-refractivity contribution in [1.82, 2.24) is 5.32 Å². The van der Waals surface area contributed by atoms with E-state index in [1.807, 2.05) is 13.1 Å². The molecule has 1 aromatic carbocycles. The average molecular weight is 193 g/mol. The Bertz CT molecular complexity index is 264. The third kappa shape index (κ3) is 3.66. The zero-order chi connectivity index (χ0) is 9.52. The number of rotatable bonds is 4. The highest BCUT2D eigenvalue weighted by molar-refractivity contribution is 7.80. The van der Waals surface area contributed by atoms with Gasteiger partial charge in [-0.1, -0.05) is 36.4 Å². The maximum atomic E-state index is 4.11. The molecule has 0 radical (unpaired) electrons. The first kappa shape index (κ1) is 10.4. The molecule has 0 saturated heterocycles. The van der Waals surface area contributed by atoms with Gasteiger partial charge in [0.2, 0.25) is 0 Å². The second-order valence-corrected chi connectivity index (χ2v) is 3.22. The Morgan fingerprint density at radius 3 is 2.54 bits per heavy atom. The lowest BCUT2D eigenvalue weighted by Gasteiger charge is -1.99. The fraction of sp³-hybridized carbons (Fsp3) is 0.273. The molecule has 0 aromatic heterocycles. The van der Waals surface area contributed by atoms with Gasteiger partial charge in [-0.15, -0.1) is 0 Å². The van der Waals surface area contributed by atoms with Crippen LogP contribution < -0.4 is 5.32 Å². The molecule has 0 saturated carbocycles. The number of thiol groups is 1. The molecule has 0 spiro atoms. The molecule has 0 amide bonds. The van der Waals surface area contributed by atoms with E-state index in [1.54, 1.807) is 0 Å². The second-order valence-electron chi connectivity index (χ2n) is 2.86. The average Bonchev–Trinajstić information content (AvgIpc) is 2.17. The third-order valence-corrected chi connectivity index (χ3v) is 1.99. The molecule has 1 aromatic rings. The highest BCUT2D eigenvalue weighted by atomic mass is 32.1. The molecule has 2 heteroatoms. The largest absolute Gasteiger partial charge is 0.316 e. The van der Waals surface area contributed by atoms with Crippen LogP contribution in [0.3, 0.4) is 0 Å². The van der Waals surface area contributed by atoms with E-state index in [0.717, 1.165) is 12.3 Å². The van der Waals surface area contributed by atoms with Crippen LogP contribution in [0.1, 0.15) is 11.1 Å². The molecule has 0 unspecified atom stereocenters. The van der Waals surface area contributed by atoms with Crippen molar-refractivity contribution >= 4 is 18.7 Å². The van der Waals surface area contributed by atoms with Gasteiger partial charge in [0.05, 0.1) is 0 Å². The van der Waals surface area contributed by atoms with Gasteiger partial charge in [0.1, 0.15) is 0 Å². The molecule has 0 bridgehead atoms. The van der Waals surface area contributed by atoms with Gasteiger partial charge < -0.3 is 5.32 Å². The van der Waals surface area contributed by atoms with E-state index >= 15 is 0 Å². The molecular formula is C11H15NS. The first-order chi connectivity index (χ1) is 6.36. The van der Waals surface area contributed by atoms with E-state index in [-0.39, 0.29) is 0 Å². The molecule has 0 fully saturated rings. The van der Waals surface area contributed by atoms with Gasteiger partial charge >= 0.3 is 0 Å². The Morgan fingerprint density at radius 2 is 2.00 bits per heavy atom. The second kappa shape index (κ2) is 5.84. The molecule has 0 aliphatic carbocycles. The molecule has 0 aliphatic heterocycles. The van der Waals surface area contributed by atoms with Crippen molar-refractivity contribution in [3.63, 3.8) is 0 Å². The van der Waals surface area contributed by atoms with E-state index in [1.165, 1.54) is 11.1 Å². The smallest absolute Gasteiger partial charge is 0.0202 e. The number of hydrogen-bond acceptors (Lipinski definition) is 2. The van der Waals surface area contributed by atoms with Crippen molar-refractivity contribution in [1.29, 1.82) is 0 Å². The minimum Gasteiger partial charge on any atom is -0.316 e. The Balaban J connectivity index is 2.64. The summed E-state index contributed by atoms with van der Waals surface area (Å²) in [5.41, 5.74) is 2.54. The van der Waals surface area contributed by atoms with Crippen molar-refractivity contribution < 1.29 is 0 Å². The highest BCUT2D eigenvalue weighted by Gasteiger charge is 1.89. The summed E-state index contributed by atoms with van der Waals surface area (Å²) in [5.74, 6) is 0.790. The summed E-state index contributed by atoms with van der Waals surface area (Å²) in [5, 5.41) is 3.12. The SMILES string of the molecule is CNCc1ccc(C=CCS)cc1. The molecule has 13 heavy (non-hydrogen) atoms. The molecule has 70 valence electrons. The maximum absolute atomic E-state index is 4.11. The fourth-order valence-corrected chi connectivity index (χ4v) is 1.24. The van der Waals surface area contributed by atoms with Crippen LogP contribution >= 0.6 is 12.6 Å². The van der Waals surface area contributed by atoms with Gasteiger partial charge in [-0.3, -0.25) is 0 Å². The predicted molar refractivity (Wildman–Crippen MR) is 62.1 cm³/mol. The minimum atomic E-state index is 0.790. The fourth-order valence-electron chi connectivity index (χ4n) is 1.14. The van der Waals surface area contributed by atoms with Crippen molar-refractivity contribution in [3.8, 4) is 0 Å². The Hall–Kier alpha value is -0.730. The number of benzene rings is 1. The molecule has 1 nitrogen and oxygen atoms in total. The van der Waals surface area contributed by atoms with E-state index in [9.17, 15) is 0 Å². The highest BCUT2D eigenvalue weighted by Crippen LogP contribution is 2.05.